The fourth-order valence-corrected chi connectivity index (χ4v) is 3.22. The Balaban J connectivity index is 2.39. The van der Waals surface area contributed by atoms with Crippen LogP contribution in [0, 0.1) is 17.2 Å². The quantitative estimate of drug-likeness (QED) is 0.643. The van der Waals surface area contributed by atoms with Gasteiger partial charge in [0.1, 0.15) is 0 Å². The predicted octanol–water partition coefficient (Wildman–Crippen LogP) is 2.98. The van der Waals surface area contributed by atoms with E-state index >= 15 is 0 Å². The van der Waals surface area contributed by atoms with Gasteiger partial charge in [-0.3, -0.25) is 4.99 Å². The van der Waals surface area contributed by atoms with Crippen molar-refractivity contribution in [2.24, 2.45) is 10.9 Å². The second-order valence-corrected chi connectivity index (χ2v) is 6.10. The number of benzene rings is 1. The van der Waals surface area contributed by atoms with Crippen molar-refractivity contribution in [1.29, 1.82) is 5.26 Å². The fourth-order valence-electron chi connectivity index (χ4n) is 2.77. The molecule has 2 rings (SSSR count). The van der Waals surface area contributed by atoms with Gasteiger partial charge in [0, 0.05) is 40.5 Å². The number of nitrogens with zero attached hydrogens (tertiary/aromatic N) is 2. The maximum atomic E-state index is 10.9. The molecule has 0 atom stereocenters. The first-order valence-corrected chi connectivity index (χ1v) is 7.43. The summed E-state index contributed by atoms with van der Waals surface area (Å²) in [4.78, 5) is 4.00. The Kier molecular flexibility index (Phi) is 4.46. The number of rotatable bonds is 2. The van der Waals surface area contributed by atoms with E-state index in [1.807, 2.05) is 12.1 Å². The molecule has 0 radical (unpaired) electrons. The van der Waals surface area contributed by atoms with Crippen LogP contribution in [0.2, 0.25) is 0 Å². The Morgan fingerprint density at radius 3 is 2.70 bits per heavy atom. The summed E-state index contributed by atoms with van der Waals surface area (Å²) in [5.41, 5.74) is 7.36. The molecule has 1 saturated carbocycles. The lowest BCUT2D eigenvalue weighted by molar-refractivity contribution is -0.00742. The molecule has 0 aromatic heterocycles. The van der Waals surface area contributed by atoms with Crippen molar-refractivity contribution in [3.63, 3.8) is 0 Å². The SMILES string of the molecule is CN=Cc1c(Br)ccc(C2(O)CCC(C#N)CC2)c1N. The van der Waals surface area contributed by atoms with Crippen LogP contribution in [0.1, 0.15) is 36.8 Å². The number of aliphatic hydroxyl groups is 1. The summed E-state index contributed by atoms with van der Waals surface area (Å²) >= 11 is 3.45. The van der Waals surface area contributed by atoms with Gasteiger partial charge in [0.15, 0.2) is 0 Å². The van der Waals surface area contributed by atoms with Crippen LogP contribution in [-0.4, -0.2) is 18.4 Å². The highest BCUT2D eigenvalue weighted by Gasteiger charge is 2.36. The van der Waals surface area contributed by atoms with Crippen LogP contribution in [0.3, 0.4) is 0 Å². The standard InChI is InChI=1S/C15H18BrN3O/c1-19-9-11-13(16)3-2-12(14(11)18)15(20)6-4-10(8-17)5-7-15/h2-3,9-10,20H,4-7,18H2,1H3. The molecule has 0 bridgehead atoms. The third-order valence-electron chi connectivity index (χ3n) is 3.99. The fraction of sp³-hybridized carbons (Fsp3) is 0.467. The molecule has 1 aliphatic rings. The Morgan fingerprint density at radius 2 is 2.15 bits per heavy atom. The average molecular weight is 336 g/mol. The van der Waals surface area contributed by atoms with Gasteiger partial charge in [-0.05, 0) is 31.7 Å². The summed E-state index contributed by atoms with van der Waals surface area (Å²) in [5, 5.41) is 19.8. The number of hydrogen-bond donors (Lipinski definition) is 2. The van der Waals surface area contributed by atoms with E-state index in [0.29, 0.717) is 31.4 Å². The van der Waals surface area contributed by atoms with Crippen molar-refractivity contribution in [1.82, 2.24) is 0 Å². The van der Waals surface area contributed by atoms with Gasteiger partial charge in [-0.2, -0.15) is 5.26 Å². The molecule has 4 nitrogen and oxygen atoms in total. The molecule has 3 N–H and O–H groups in total. The molecule has 20 heavy (non-hydrogen) atoms. The number of hydrogen-bond acceptors (Lipinski definition) is 4. The van der Waals surface area contributed by atoms with Gasteiger partial charge in [-0.15, -0.1) is 0 Å². The zero-order valence-corrected chi connectivity index (χ0v) is 13.0. The zero-order valence-electron chi connectivity index (χ0n) is 11.4. The molecule has 5 heteroatoms. The number of nitrogen functional groups attached to an aromatic ring is 1. The molecule has 0 spiro atoms. The maximum absolute atomic E-state index is 10.9. The van der Waals surface area contributed by atoms with Gasteiger partial charge in [-0.25, -0.2) is 0 Å². The molecule has 0 amide bonds. The van der Waals surface area contributed by atoms with E-state index in [2.05, 4.69) is 27.0 Å². The molecular weight excluding hydrogens is 318 g/mol. The van der Waals surface area contributed by atoms with Gasteiger partial charge in [0.05, 0.1) is 11.7 Å². The van der Waals surface area contributed by atoms with Crippen molar-refractivity contribution in [3.05, 3.63) is 27.7 Å². The average Bonchev–Trinajstić information content (AvgIpc) is 2.44. The van der Waals surface area contributed by atoms with Crippen LogP contribution in [0.15, 0.2) is 21.6 Å². The summed E-state index contributed by atoms with van der Waals surface area (Å²) in [6.45, 7) is 0. The van der Waals surface area contributed by atoms with E-state index in [-0.39, 0.29) is 5.92 Å². The number of nitriles is 1. The molecule has 0 aliphatic heterocycles. The van der Waals surface area contributed by atoms with Gasteiger partial charge in [-0.1, -0.05) is 22.0 Å². The van der Waals surface area contributed by atoms with E-state index in [1.54, 1.807) is 13.3 Å². The van der Waals surface area contributed by atoms with Crippen molar-refractivity contribution in [2.75, 3.05) is 12.8 Å². The maximum Gasteiger partial charge on any atom is 0.0917 e. The Labute approximate surface area is 127 Å². The molecule has 1 aliphatic carbocycles. The topological polar surface area (TPSA) is 82.4 Å². The largest absolute Gasteiger partial charge is 0.398 e. The third-order valence-corrected chi connectivity index (χ3v) is 4.68. The minimum atomic E-state index is -0.936. The van der Waals surface area contributed by atoms with Crippen molar-refractivity contribution < 1.29 is 5.11 Å². The number of halogens is 1. The summed E-state index contributed by atoms with van der Waals surface area (Å²) in [7, 11) is 1.69. The molecule has 0 unspecified atom stereocenters. The summed E-state index contributed by atoms with van der Waals surface area (Å²) in [6.07, 6.45) is 4.24. The summed E-state index contributed by atoms with van der Waals surface area (Å²) < 4.78 is 0.860. The van der Waals surface area contributed by atoms with Gasteiger partial charge in [0.25, 0.3) is 0 Å². The molecule has 1 aromatic carbocycles. The first-order chi connectivity index (χ1) is 9.51. The summed E-state index contributed by atoms with van der Waals surface area (Å²) in [6, 6.07) is 6.02. The van der Waals surface area contributed by atoms with Crippen molar-refractivity contribution >= 4 is 27.8 Å². The highest BCUT2D eigenvalue weighted by Crippen LogP contribution is 2.43. The van der Waals surface area contributed by atoms with E-state index in [4.69, 9.17) is 11.0 Å². The number of nitrogens with two attached hydrogens (primary N) is 1. The van der Waals surface area contributed by atoms with E-state index in [1.165, 1.54) is 0 Å². The van der Waals surface area contributed by atoms with Crippen LogP contribution >= 0.6 is 15.9 Å². The lowest BCUT2D eigenvalue weighted by atomic mass is 9.75. The van der Waals surface area contributed by atoms with Crippen LogP contribution in [0.4, 0.5) is 5.69 Å². The highest BCUT2D eigenvalue weighted by molar-refractivity contribution is 9.10. The first-order valence-electron chi connectivity index (χ1n) is 6.64. The monoisotopic (exact) mass is 335 g/mol. The molecule has 0 heterocycles. The van der Waals surface area contributed by atoms with Crippen LogP contribution < -0.4 is 5.73 Å². The predicted molar refractivity (Wildman–Crippen MR) is 83.5 cm³/mol. The molecule has 0 saturated heterocycles. The van der Waals surface area contributed by atoms with E-state index < -0.39 is 5.60 Å². The number of aliphatic imine (C=N–C) groups is 1. The zero-order chi connectivity index (χ0) is 14.8. The smallest absolute Gasteiger partial charge is 0.0917 e. The van der Waals surface area contributed by atoms with Gasteiger partial charge < -0.3 is 10.8 Å². The Morgan fingerprint density at radius 1 is 1.50 bits per heavy atom. The first kappa shape index (κ1) is 15.0. The second kappa shape index (κ2) is 5.94. The lowest BCUT2D eigenvalue weighted by Gasteiger charge is -2.35. The lowest BCUT2D eigenvalue weighted by Crippen LogP contribution is -2.32. The highest BCUT2D eigenvalue weighted by atomic mass is 79.9. The Bertz CT molecular complexity index is 569. The van der Waals surface area contributed by atoms with Crippen molar-refractivity contribution in [2.45, 2.75) is 31.3 Å². The van der Waals surface area contributed by atoms with Crippen LogP contribution in [0.25, 0.3) is 0 Å². The molecule has 1 aromatic rings. The Hall–Kier alpha value is -1.38. The van der Waals surface area contributed by atoms with Gasteiger partial charge in [0.2, 0.25) is 0 Å². The van der Waals surface area contributed by atoms with Gasteiger partial charge >= 0.3 is 0 Å². The van der Waals surface area contributed by atoms with E-state index in [0.717, 1.165) is 15.6 Å². The normalized spacial score (nSPS) is 26.6. The minimum absolute atomic E-state index is 0.0450. The minimum Gasteiger partial charge on any atom is -0.398 e. The van der Waals surface area contributed by atoms with E-state index in [9.17, 15) is 5.11 Å². The molecule has 1 fully saturated rings. The molecule has 106 valence electrons. The van der Waals surface area contributed by atoms with Crippen LogP contribution in [0.5, 0.6) is 0 Å². The second-order valence-electron chi connectivity index (χ2n) is 5.24. The number of anilines is 1. The summed E-state index contributed by atoms with van der Waals surface area (Å²) in [5.74, 6) is 0.0450. The van der Waals surface area contributed by atoms with Crippen LogP contribution in [-0.2, 0) is 5.60 Å². The van der Waals surface area contributed by atoms with Crippen molar-refractivity contribution in [3.8, 4) is 6.07 Å². The third kappa shape index (κ3) is 2.72. The molecular formula is C15H18BrN3O.